The molecule has 2 aromatic carbocycles. The molecule has 8 heteroatoms. The number of esters is 1. The molecule has 0 aliphatic carbocycles. The molecule has 146 valence electrons. The lowest BCUT2D eigenvalue weighted by Gasteiger charge is -2.25. The van der Waals surface area contributed by atoms with Gasteiger partial charge in [-0.2, -0.15) is 0 Å². The van der Waals surface area contributed by atoms with Crippen molar-refractivity contribution in [3.8, 4) is 0 Å². The number of aromatic nitrogens is 1. The Labute approximate surface area is 170 Å². The highest BCUT2D eigenvalue weighted by atomic mass is 32.1. The molecule has 1 aromatic heterocycles. The largest absolute Gasteiger partial charge is 0.454 e. The van der Waals surface area contributed by atoms with Gasteiger partial charge >= 0.3 is 5.97 Å². The van der Waals surface area contributed by atoms with Crippen LogP contribution in [0, 0.1) is 0 Å². The molecule has 1 aliphatic heterocycles. The van der Waals surface area contributed by atoms with Crippen molar-refractivity contribution >= 4 is 34.3 Å². The standard InChI is InChI=1S/C21H17N3O4S/c22-18(25)10-15-11-29-21(23-15)24-19(26)13-6-7-16-14(8-13)9-17(28-20(16)27)12-4-2-1-3-5-12/h1-8,11,17H,9-10H2,(H2,22,25)(H,23,24,26). The summed E-state index contributed by atoms with van der Waals surface area (Å²) in [4.78, 5) is 40.1. The van der Waals surface area contributed by atoms with E-state index in [0.29, 0.717) is 28.4 Å². The summed E-state index contributed by atoms with van der Waals surface area (Å²) < 4.78 is 5.54. The summed E-state index contributed by atoms with van der Waals surface area (Å²) in [6.45, 7) is 0. The molecule has 3 N–H and O–H groups in total. The lowest BCUT2D eigenvalue weighted by molar-refractivity contribution is -0.117. The van der Waals surface area contributed by atoms with Gasteiger partial charge in [-0.05, 0) is 29.3 Å². The Morgan fingerprint density at radius 1 is 1.21 bits per heavy atom. The summed E-state index contributed by atoms with van der Waals surface area (Å²) in [5.74, 6) is -1.23. The van der Waals surface area contributed by atoms with Crippen molar-refractivity contribution in [2.75, 3.05) is 5.32 Å². The van der Waals surface area contributed by atoms with E-state index < -0.39 is 11.9 Å². The van der Waals surface area contributed by atoms with Gasteiger partial charge in [0.25, 0.3) is 5.91 Å². The predicted octanol–water partition coefficient (Wildman–Crippen LogP) is 2.88. The van der Waals surface area contributed by atoms with Gasteiger partial charge in [0.2, 0.25) is 5.91 Å². The maximum absolute atomic E-state index is 12.6. The first-order valence-corrected chi connectivity index (χ1v) is 9.80. The number of nitrogens with one attached hydrogen (secondary N) is 1. The van der Waals surface area contributed by atoms with Crippen LogP contribution in [0.4, 0.5) is 5.13 Å². The fourth-order valence-corrected chi connectivity index (χ4v) is 3.89. The zero-order valence-corrected chi connectivity index (χ0v) is 16.1. The van der Waals surface area contributed by atoms with Gasteiger partial charge in [0.05, 0.1) is 17.7 Å². The molecule has 4 rings (SSSR count). The number of amides is 2. The van der Waals surface area contributed by atoms with Gasteiger partial charge in [0.1, 0.15) is 6.10 Å². The van der Waals surface area contributed by atoms with E-state index in [0.717, 1.165) is 11.1 Å². The lowest BCUT2D eigenvalue weighted by Crippen LogP contribution is -2.23. The molecule has 7 nitrogen and oxygen atoms in total. The summed E-state index contributed by atoms with van der Waals surface area (Å²) in [7, 11) is 0. The number of hydrogen-bond donors (Lipinski definition) is 2. The Hall–Kier alpha value is -3.52. The van der Waals surface area contributed by atoms with Crippen molar-refractivity contribution in [1.82, 2.24) is 4.98 Å². The summed E-state index contributed by atoms with van der Waals surface area (Å²) in [6.07, 6.45) is 0.130. The van der Waals surface area contributed by atoms with Crippen LogP contribution in [0.25, 0.3) is 0 Å². The molecule has 2 heterocycles. The first-order chi connectivity index (χ1) is 14.0. The highest BCUT2D eigenvalue weighted by Crippen LogP contribution is 2.31. The zero-order chi connectivity index (χ0) is 20.4. The third-order valence-corrected chi connectivity index (χ3v) is 5.35. The number of carbonyl (C=O) groups is 3. The van der Waals surface area contributed by atoms with E-state index >= 15 is 0 Å². The van der Waals surface area contributed by atoms with Crippen LogP contribution >= 0.6 is 11.3 Å². The van der Waals surface area contributed by atoms with Crippen molar-refractivity contribution in [2.45, 2.75) is 18.9 Å². The number of ether oxygens (including phenoxy) is 1. The number of anilines is 1. The molecular formula is C21H17N3O4S. The minimum absolute atomic E-state index is 0.0220. The van der Waals surface area contributed by atoms with Gasteiger partial charge in [-0.1, -0.05) is 30.3 Å². The second-order valence-corrected chi connectivity index (χ2v) is 7.48. The normalized spacial score (nSPS) is 15.3. The molecule has 0 spiro atoms. The Balaban J connectivity index is 1.53. The first-order valence-electron chi connectivity index (χ1n) is 8.92. The number of carbonyl (C=O) groups excluding carboxylic acids is 3. The zero-order valence-electron chi connectivity index (χ0n) is 15.3. The number of fused-ring (bicyclic) bond motifs is 1. The van der Waals surface area contributed by atoms with E-state index in [1.807, 2.05) is 30.3 Å². The highest BCUT2D eigenvalue weighted by molar-refractivity contribution is 7.14. The van der Waals surface area contributed by atoms with Crippen LogP contribution in [0.3, 0.4) is 0 Å². The molecule has 2 amide bonds. The third-order valence-electron chi connectivity index (χ3n) is 4.54. The van der Waals surface area contributed by atoms with Gasteiger partial charge < -0.3 is 10.5 Å². The average Bonchev–Trinajstić information content (AvgIpc) is 3.14. The molecule has 0 radical (unpaired) electrons. The molecule has 1 unspecified atom stereocenters. The summed E-state index contributed by atoms with van der Waals surface area (Å²) in [5, 5.41) is 4.77. The average molecular weight is 407 g/mol. The fraction of sp³-hybridized carbons (Fsp3) is 0.143. The number of primary amides is 1. The minimum Gasteiger partial charge on any atom is -0.454 e. The molecule has 1 atom stereocenters. The van der Waals surface area contributed by atoms with E-state index in [4.69, 9.17) is 10.5 Å². The number of hydrogen-bond acceptors (Lipinski definition) is 6. The molecule has 3 aromatic rings. The van der Waals surface area contributed by atoms with Crippen molar-refractivity contribution in [3.63, 3.8) is 0 Å². The van der Waals surface area contributed by atoms with Gasteiger partial charge in [0, 0.05) is 17.4 Å². The van der Waals surface area contributed by atoms with E-state index in [1.54, 1.807) is 23.6 Å². The molecule has 29 heavy (non-hydrogen) atoms. The second-order valence-electron chi connectivity index (χ2n) is 6.62. The SMILES string of the molecule is NC(=O)Cc1csc(NC(=O)c2ccc3c(c2)CC(c2ccccc2)OC3=O)n1. The van der Waals surface area contributed by atoms with Crippen LogP contribution in [0.5, 0.6) is 0 Å². The third kappa shape index (κ3) is 4.17. The van der Waals surface area contributed by atoms with Gasteiger partial charge in [-0.15, -0.1) is 11.3 Å². The summed E-state index contributed by atoms with van der Waals surface area (Å²) >= 11 is 1.22. The fourth-order valence-electron chi connectivity index (χ4n) is 3.18. The van der Waals surface area contributed by atoms with Crippen LogP contribution in [-0.4, -0.2) is 22.8 Å². The van der Waals surface area contributed by atoms with Gasteiger partial charge in [-0.3, -0.25) is 14.9 Å². The number of thiazole rings is 1. The molecule has 0 saturated carbocycles. The quantitative estimate of drug-likeness (QED) is 0.632. The van der Waals surface area contributed by atoms with E-state index in [-0.39, 0.29) is 18.4 Å². The van der Waals surface area contributed by atoms with Crippen LogP contribution in [0.2, 0.25) is 0 Å². The highest BCUT2D eigenvalue weighted by Gasteiger charge is 2.28. The van der Waals surface area contributed by atoms with E-state index in [2.05, 4.69) is 10.3 Å². The second kappa shape index (κ2) is 7.84. The lowest BCUT2D eigenvalue weighted by atomic mass is 9.93. The van der Waals surface area contributed by atoms with Gasteiger partial charge in [0.15, 0.2) is 5.13 Å². The smallest absolute Gasteiger partial charge is 0.339 e. The minimum atomic E-state index is -0.484. The number of nitrogens with two attached hydrogens (primary N) is 1. The number of benzene rings is 2. The topological polar surface area (TPSA) is 111 Å². The summed E-state index contributed by atoms with van der Waals surface area (Å²) in [6, 6.07) is 14.4. The maximum Gasteiger partial charge on any atom is 0.339 e. The molecular weight excluding hydrogens is 390 g/mol. The van der Waals surface area contributed by atoms with Crippen molar-refractivity contribution < 1.29 is 19.1 Å². The van der Waals surface area contributed by atoms with Gasteiger partial charge in [-0.25, -0.2) is 9.78 Å². The molecule has 0 saturated heterocycles. The Kier molecular flexibility index (Phi) is 5.09. The summed E-state index contributed by atoms with van der Waals surface area (Å²) in [5.41, 5.74) is 8.21. The molecule has 1 aliphatic rings. The number of rotatable bonds is 5. The first kappa shape index (κ1) is 18.8. The van der Waals surface area contributed by atoms with E-state index in [9.17, 15) is 14.4 Å². The molecule has 0 bridgehead atoms. The van der Waals surface area contributed by atoms with Crippen LogP contribution < -0.4 is 11.1 Å². The Morgan fingerprint density at radius 3 is 2.76 bits per heavy atom. The Bertz CT molecular complexity index is 1090. The number of cyclic esters (lactones) is 1. The van der Waals surface area contributed by atoms with E-state index in [1.165, 1.54) is 11.3 Å². The van der Waals surface area contributed by atoms with Crippen molar-refractivity contribution in [3.05, 3.63) is 81.9 Å². The maximum atomic E-state index is 12.6. The number of nitrogens with zero attached hydrogens (tertiary/aromatic N) is 1. The van der Waals surface area contributed by atoms with Crippen LogP contribution in [0.15, 0.2) is 53.9 Å². The van der Waals surface area contributed by atoms with Crippen LogP contribution in [-0.2, 0) is 22.4 Å². The Morgan fingerprint density at radius 2 is 2.00 bits per heavy atom. The predicted molar refractivity (Wildman–Crippen MR) is 108 cm³/mol. The molecule has 0 fully saturated rings. The van der Waals surface area contributed by atoms with Crippen molar-refractivity contribution in [2.24, 2.45) is 5.73 Å². The monoisotopic (exact) mass is 407 g/mol. The van der Waals surface area contributed by atoms with Crippen molar-refractivity contribution in [1.29, 1.82) is 0 Å². The van der Waals surface area contributed by atoms with Crippen LogP contribution in [0.1, 0.15) is 43.6 Å².